The van der Waals surface area contributed by atoms with E-state index < -0.39 is 5.92 Å². The molecule has 1 aliphatic heterocycles. The van der Waals surface area contributed by atoms with E-state index in [0.717, 1.165) is 0 Å². The first-order valence-electron chi connectivity index (χ1n) is 9.35. The van der Waals surface area contributed by atoms with Crippen LogP contribution in [0.1, 0.15) is 32.9 Å². The van der Waals surface area contributed by atoms with Gasteiger partial charge in [-0.05, 0) is 32.9 Å². The Labute approximate surface area is 172 Å². The zero-order chi connectivity index (χ0) is 20.8. The van der Waals surface area contributed by atoms with Crippen LogP contribution < -0.4 is 10.2 Å². The van der Waals surface area contributed by atoms with Crippen molar-refractivity contribution in [3.8, 4) is 0 Å². The van der Waals surface area contributed by atoms with Crippen molar-refractivity contribution < 1.29 is 8.78 Å². The third-order valence-corrected chi connectivity index (χ3v) is 4.90. The molecule has 0 unspecified atom stereocenters. The molecule has 29 heavy (non-hydrogen) atoms. The van der Waals surface area contributed by atoms with Crippen molar-refractivity contribution in [3.05, 3.63) is 35.4 Å². The van der Waals surface area contributed by atoms with Gasteiger partial charge in [-0.2, -0.15) is 9.97 Å². The first-order chi connectivity index (χ1) is 13.6. The normalized spacial score (nSPS) is 16.6. The number of fused-ring (bicyclic) bond motifs is 1. The van der Waals surface area contributed by atoms with E-state index in [9.17, 15) is 8.78 Å². The minimum absolute atomic E-state index is 0.204. The SMILES string of the molecule is CC(C)(C)Nc1nc(N2CCC(F)(F)C2)c2ncn(Cc3ncccc3Cl)c2n1. The molecule has 154 valence electrons. The van der Waals surface area contributed by atoms with Crippen LogP contribution in [0.25, 0.3) is 11.2 Å². The molecule has 1 N–H and O–H groups in total. The number of imidazole rings is 1. The van der Waals surface area contributed by atoms with Gasteiger partial charge in [-0.25, -0.2) is 13.8 Å². The van der Waals surface area contributed by atoms with Crippen LogP contribution in [-0.4, -0.2) is 49.1 Å². The molecule has 1 aliphatic rings. The second kappa shape index (κ2) is 7.05. The number of hydrogen-bond acceptors (Lipinski definition) is 6. The molecule has 0 amide bonds. The minimum Gasteiger partial charge on any atom is -0.350 e. The Morgan fingerprint density at radius 2 is 2.03 bits per heavy atom. The Morgan fingerprint density at radius 1 is 1.24 bits per heavy atom. The fourth-order valence-corrected chi connectivity index (χ4v) is 3.45. The molecule has 3 aromatic heterocycles. The second-order valence-corrected chi connectivity index (χ2v) is 8.66. The summed E-state index contributed by atoms with van der Waals surface area (Å²) in [6.07, 6.45) is 3.08. The van der Waals surface area contributed by atoms with Crippen LogP contribution in [0.15, 0.2) is 24.7 Å². The lowest BCUT2D eigenvalue weighted by molar-refractivity contribution is 0.0257. The molecule has 0 aliphatic carbocycles. The average molecular weight is 422 g/mol. The quantitative estimate of drug-likeness (QED) is 0.687. The number of halogens is 3. The van der Waals surface area contributed by atoms with Crippen LogP contribution in [-0.2, 0) is 6.54 Å². The summed E-state index contributed by atoms with van der Waals surface area (Å²) < 4.78 is 29.5. The topological polar surface area (TPSA) is 71.8 Å². The summed E-state index contributed by atoms with van der Waals surface area (Å²) in [6.45, 7) is 6.14. The molecule has 7 nitrogen and oxygen atoms in total. The van der Waals surface area contributed by atoms with Crippen LogP contribution in [0.4, 0.5) is 20.5 Å². The maximum absolute atomic E-state index is 13.8. The maximum atomic E-state index is 13.8. The molecule has 0 saturated carbocycles. The van der Waals surface area contributed by atoms with Crippen molar-refractivity contribution in [3.63, 3.8) is 0 Å². The highest BCUT2D eigenvalue weighted by Crippen LogP contribution is 2.34. The van der Waals surface area contributed by atoms with Gasteiger partial charge in [0.15, 0.2) is 17.0 Å². The zero-order valence-corrected chi connectivity index (χ0v) is 17.2. The molecule has 10 heteroatoms. The molecule has 4 heterocycles. The highest BCUT2D eigenvalue weighted by atomic mass is 35.5. The smallest absolute Gasteiger partial charge is 0.266 e. The Morgan fingerprint density at radius 3 is 2.69 bits per heavy atom. The van der Waals surface area contributed by atoms with E-state index >= 15 is 0 Å². The van der Waals surface area contributed by atoms with Crippen molar-refractivity contribution >= 4 is 34.5 Å². The maximum Gasteiger partial charge on any atom is 0.266 e. The number of hydrogen-bond donors (Lipinski definition) is 1. The molecule has 0 atom stereocenters. The van der Waals surface area contributed by atoms with Gasteiger partial charge in [-0.15, -0.1) is 0 Å². The van der Waals surface area contributed by atoms with E-state index in [1.807, 2.05) is 20.8 Å². The number of pyridine rings is 1. The lowest BCUT2D eigenvalue weighted by Crippen LogP contribution is -2.29. The molecule has 0 aromatic carbocycles. The van der Waals surface area contributed by atoms with Crippen molar-refractivity contribution in [2.45, 2.75) is 45.2 Å². The lowest BCUT2D eigenvalue weighted by atomic mass is 10.1. The van der Waals surface area contributed by atoms with Gasteiger partial charge >= 0.3 is 0 Å². The lowest BCUT2D eigenvalue weighted by Gasteiger charge is -2.23. The highest BCUT2D eigenvalue weighted by molar-refractivity contribution is 6.31. The van der Waals surface area contributed by atoms with Crippen molar-refractivity contribution in [2.24, 2.45) is 0 Å². The highest BCUT2D eigenvalue weighted by Gasteiger charge is 2.40. The predicted molar refractivity (Wildman–Crippen MR) is 109 cm³/mol. The van der Waals surface area contributed by atoms with Crippen molar-refractivity contribution in [1.82, 2.24) is 24.5 Å². The first kappa shape index (κ1) is 19.8. The number of aromatic nitrogens is 5. The Balaban J connectivity index is 1.80. The van der Waals surface area contributed by atoms with Gasteiger partial charge in [0, 0.05) is 24.7 Å². The largest absolute Gasteiger partial charge is 0.350 e. The molecular formula is C19H22ClF2N7. The van der Waals surface area contributed by atoms with E-state index in [4.69, 9.17) is 11.6 Å². The summed E-state index contributed by atoms with van der Waals surface area (Å²) in [7, 11) is 0. The second-order valence-electron chi connectivity index (χ2n) is 8.25. The van der Waals surface area contributed by atoms with Crippen LogP contribution in [0, 0.1) is 0 Å². The molecule has 0 radical (unpaired) electrons. The van der Waals surface area contributed by atoms with Crippen LogP contribution in [0.2, 0.25) is 5.02 Å². The van der Waals surface area contributed by atoms with Crippen LogP contribution >= 0.6 is 11.6 Å². The van der Waals surface area contributed by atoms with Crippen LogP contribution in [0.5, 0.6) is 0 Å². The van der Waals surface area contributed by atoms with E-state index in [1.165, 1.54) is 0 Å². The fraction of sp³-hybridized carbons (Fsp3) is 0.474. The van der Waals surface area contributed by atoms with Gasteiger partial charge in [0.25, 0.3) is 5.92 Å². The fourth-order valence-electron chi connectivity index (χ4n) is 3.27. The van der Waals surface area contributed by atoms with Gasteiger partial charge in [0.1, 0.15) is 0 Å². The average Bonchev–Trinajstić information content (AvgIpc) is 3.18. The van der Waals surface area contributed by atoms with Gasteiger partial charge in [-0.1, -0.05) is 11.6 Å². The summed E-state index contributed by atoms with van der Waals surface area (Å²) in [6, 6.07) is 3.53. The first-order valence-corrected chi connectivity index (χ1v) is 9.72. The number of rotatable bonds is 4. The van der Waals surface area contributed by atoms with Gasteiger partial charge < -0.3 is 14.8 Å². The number of nitrogens with zero attached hydrogens (tertiary/aromatic N) is 6. The molecule has 0 spiro atoms. The Hall–Kier alpha value is -2.55. The third-order valence-electron chi connectivity index (χ3n) is 4.56. The van der Waals surface area contributed by atoms with Gasteiger partial charge in [0.05, 0.1) is 30.1 Å². The molecule has 1 fully saturated rings. The predicted octanol–water partition coefficient (Wildman–Crippen LogP) is 3.98. The standard InChI is InChI=1S/C19H22ClF2N7/c1-18(2,3)27-17-25-15(28-8-6-19(21,22)10-28)14-16(26-17)29(11-24-14)9-13-12(20)5-4-7-23-13/h4-5,7,11H,6,8-10H2,1-3H3,(H,25,26,27). The van der Waals surface area contributed by atoms with Gasteiger partial charge in [0.2, 0.25) is 5.95 Å². The van der Waals surface area contributed by atoms with E-state index in [0.29, 0.717) is 40.2 Å². The third kappa shape index (κ3) is 4.24. The van der Waals surface area contributed by atoms with E-state index in [1.54, 1.807) is 34.1 Å². The summed E-state index contributed by atoms with van der Waals surface area (Å²) in [4.78, 5) is 19.4. The Kier molecular flexibility index (Phi) is 4.80. The van der Waals surface area contributed by atoms with Gasteiger partial charge in [-0.3, -0.25) is 4.98 Å². The Bertz CT molecular complexity index is 1040. The van der Waals surface area contributed by atoms with E-state index in [-0.39, 0.29) is 25.0 Å². The molecule has 4 rings (SSSR count). The van der Waals surface area contributed by atoms with Crippen LogP contribution in [0.3, 0.4) is 0 Å². The summed E-state index contributed by atoms with van der Waals surface area (Å²) in [5.74, 6) is -1.97. The number of anilines is 2. The molecular weight excluding hydrogens is 400 g/mol. The molecule has 0 bridgehead atoms. The van der Waals surface area contributed by atoms with E-state index in [2.05, 4.69) is 25.3 Å². The van der Waals surface area contributed by atoms with Crippen molar-refractivity contribution in [2.75, 3.05) is 23.3 Å². The molecule has 3 aromatic rings. The molecule has 1 saturated heterocycles. The zero-order valence-electron chi connectivity index (χ0n) is 16.5. The monoisotopic (exact) mass is 421 g/mol. The summed E-state index contributed by atoms with van der Waals surface area (Å²) >= 11 is 6.24. The number of alkyl halides is 2. The number of nitrogens with one attached hydrogen (secondary N) is 1. The van der Waals surface area contributed by atoms with Crippen molar-refractivity contribution in [1.29, 1.82) is 0 Å². The minimum atomic E-state index is -2.74. The summed E-state index contributed by atoms with van der Waals surface area (Å²) in [5, 5.41) is 3.77. The summed E-state index contributed by atoms with van der Waals surface area (Å²) in [5.41, 5.74) is 1.40.